The number of benzene rings is 2. The third-order valence-electron chi connectivity index (χ3n) is 2.98. The van der Waals surface area contributed by atoms with Gasteiger partial charge in [-0.1, -0.05) is 33.6 Å². The molecule has 3 N–H and O–H groups in total. The molecule has 0 spiro atoms. The molecule has 106 valence electrons. The van der Waals surface area contributed by atoms with Gasteiger partial charge in [-0.3, -0.25) is 11.3 Å². The molecular weight excluding hydrogens is 457 g/mol. The molecule has 0 fully saturated rings. The zero-order valence-corrected chi connectivity index (χ0v) is 14.8. The molecule has 1 unspecified atom stereocenters. The normalized spacial score (nSPS) is 12.4. The molecule has 0 bridgehead atoms. The van der Waals surface area contributed by atoms with E-state index in [9.17, 15) is 4.39 Å². The van der Waals surface area contributed by atoms with Crippen molar-refractivity contribution in [3.63, 3.8) is 0 Å². The van der Waals surface area contributed by atoms with Crippen molar-refractivity contribution in [1.29, 1.82) is 0 Å². The Kier molecular flexibility index (Phi) is 5.80. The van der Waals surface area contributed by atoms with Gasteiger partial charge in [0.15, 0.2) is 0 Å². The molecule has 20 heavy (non-hydrogen) atoms. The van der Waals surface area contributed by atoms with Crippen molar-refractivity contribution in [3.05, 3.63) is 66.4 Å². The average Bonchev–Trinajstić information content (AvgIpc) is 2.43. The minimum absolute atomic E-state index is 0.136. The number of hydrazine groups is 1. The Morgan fingerprint density at radius 3 is 2.70 bits per heavy atom. The summed E-state index contributed by atoms with van der Waals surface area (Å²) in [4.78, 5) is 0. The highest BCUT2D eigenvalue weighted by Gasteiger charge is 2.14. The highest BCUT2D eigenvalue weighted by atomic mass is 127. The lowest BCUT2D eigenvalue weighted by Gasteiger charge is -2.18. The summed E-state index contributed by atoms with van der Waals surface area (Å²) in [5, 5.41) is 0.682. The maximum absolute atomic E-state index is 13.3. The van der Waals surface area contributed by atoms with Gasteiger partial charge in [0, 0.05) is 8.04 Å². The Labute approximate surface area is 144 Å². The molecule has 2 nitrogen and oxygen atoms in total. The molecule has 0 heterocycles. The van der Waals surface area contributed by atoms with E-state index in [-0.39, 0.29) is 11.9 Å². The predicted molar refractivity (Wildman–Crippen MR) is 92.0 cm³/mol. The van der Waals surface area contributed by atoms with Crippen LogP contribution in [0.25, 0.3) is 0 Å². The summed E-state index contributed by atoms with van der Waals surface area (Å²) >= 11 is 11.7. The van der Waals surface area contributed by atoms with E-state index in [1.165, 1.54) is 12.1 Å². The average molecular weight is 470 g/mol. The molecule has 2 rings (SSSR count). The Morgan fingerprint density at radius 1 is 1.30 bits per heavy atom. The van der Waals surface area contributed by atoms with Crippen LogP contribution >= 0.6 is 50.1 Å². The largest absolute Gasteiger partial charge is 0.271 e. The fourth-order valence-electron chi connectivity index (χ4n) is 1.92. The first kappa shape index (κ1) is 16.2. The first-order valence-corrected chi connectivity index (χ1v) is 8.11. The summed E-state index contributed by atoms with van der Waals surface area (Å²) in [5.41, 5.74) is 4.57. The molecule has 1 atom stereocenters. The van der Waals surface area contributed by atoms with Crippen LogP contribution in [0.3, 0.4) is 0 Å². The van der Waals surface area contributed by atoms with Gasteiger partial charge < -0.3 is 0 Å². The summed E-state index contributed by atoms with van der Waals surface area (Å²) in [5.74, 6) is 5.36. The summed E-state index contributed by atoms with van der Waals surface area (Å²) < 4.78 is 15.2. The summed E-state index contributed by atoms with van der Waals surface area (Å²) in [6.45, 7) is 0. The van der Waals surface area contributed by atoms with Gasteiger partial charge in [0.25, 0.3) is 0 Å². The number of nitrogens with two attached hydrogens (primary N) is 1. The molecule has 0 saturated carbocycles. The van der Waals surface area contributed by atoms with E-state index in [1.807, 2.05) is 18.2 Å². The second-order valence-corrected chi connectivity index (χ2v) is 6.76. The lowest BCUT2D eigenvalue weighted by Crippen LogP contribution is -2.29. The lowest BCUT2D eigenvalue weighted by atomic mass is 9.99. The third kappa shape index (κ3) is 3.92. The maximum atomic E-state index is 13.3. The fraction of sp³-hybridized carbons (Fsp3) is 0.143. The van der Waals surface area contributed by atoms with E-state index >= 15 is 0 Å². The second kappa shape index (κ2) is 7.17. The van der Waals surface area contributed by atoms with Crippen LogP contribution < -0.4 is 11.3 Å². The van der Waals surface area contributed by atoms with Crippen LogP contribution in [0.1, 0.15) is 17.2 Å². The van der Waals surface area contributed by atoms with E-state index in [2.05, 4.69) is 43.9 Å². The summed E-state index contributed by atoms with van der Waals surface area (Å²) in [7, 11) is 0. The van der Waals surface area contributed by atoms with Crippen LogP contribution in [0.2, 0.25) is 5.02 Å². The summed E-state index contributed by atoms with van der Waals surface area (Å²) in [6, 6.07) is 10.3. The monoisotopic (exact) mass is 468 g/mol. The standard InChI is InChI=1S/C14H12BrClFIN2/c15-11-3-2-10(17)5-9(11)7-14(20-19)8-1-4-13(18)12(16)6-8/h1-6,14,20H,7,19H2. The van der Waals surface area contributed by atoms with Crippen LogP contribution in [0.4, 0.5) is 4.39 Å². The van der Waals surface area contributed by atoms with Gasteiger partial charge in [-0.05, 0) is 70.5 Å². The molecule has 0 amide bonds. The van der Waals surface area contributed by atoms with Crippen LogP contribution in [-0.2, 0) is 6.42 Å². The van der Waals surface area contributed by atoms with Gasteiger partial charge >= 0.3 is 0 Å². The number of halogens is 4. The van der Waals surface area contributed by atoms with Crippen LogP contribution in [0, 0.1) is 9.39 Å². The topological polar surface area (TPSA) is 38.0 Å². The van der Waals surface area contributed by atoms with Crippen molar-refractivity contribution < 1.29 is 4.39 Å². The van der Waals surface area contributed by atoms with Gasteiger partial charge in [0.05, 0.1) is 11.1 Å². The number of rotatable bonds is 4. The van der Waals surface area contributed by atoms with E-state index in [0.29, 0.717) is 11.4 Å². The number of nitrogens with one attached hydrogen (secondary N) is 1. The first-order valence-electron chi connectivity index (χ1n) is 5.86. The van der Waals surface area contributed by atoms with Gasteiger partial charge in [0.2, 0.25) is 0 Å². The highest BCUT2D eigenvalue weighted by molar-refractivity contribution is 14.1. The smallest absolute Gasteiger partial charge is 0.123 e. The van der Waals surface area contributed by atoms with Crippen molar-refractivity contribution in [2.75, 3.05) is 0 Å². The Morgan fingerprint density at radius 2 is 2.05 bits per heavy atom. The third-order valence-corrected chi connectivity index (χ3v) is 5.32. The first-order chi connectivity index (χ1) is 9.51. The molecule has 2 aromatic carbocycles. The van der Waals surface area contributed by atoms with E-state index in [0.717, 1.165) is 19.2 Å². The molecule has 0 aliphatic heterocycles. The van der Waals surface area contributed by atoms with Crippen molar-refractivity contribution in [2.24, 2.45) is 5.84 Å². The molecule has 0 radical (unpaired) electrons. The fourth-order valence-corrected chi connectivity index (χ4v) is 2.85. The molecule has 2 aromatic rings. The van der Waals surface area contributed by atoms with Crippen LogP contribution in [-0.4, -0.2) is 0 Å². The van der Waals surface area contributed by atoms with Crippen LogP contribution in [0.5, 0.6) is 0 Å². The van der Waals surface area contributed by atoms with Crippen LogP contribution in [0.15, 0.2) is 40.9 Å². The zero-order valence-electron chi connectivity index (χ0n) is 10.3. The second-order valence-electron chi connectivity index (χ2n) is 4.33. The Bertz CT molecular complexity index is 624. The molecule has 0 aliphatic rings. The Hall–Kier alpha value is -0.210. The van der Waals surface area contributed by atoms with Crippen molar-refractivity contribution in [3.8, 4) is 0 Å². The van der Waals surface area contributed by atoms with Gasteiger partial charge in [-0.25, -0.2) is 4.39 Å². The zero-order chi connectivity index (χ0) is 14.7. The molecular formula is C14H12BrClFIN2. The number of hydrogen-bond donors (Lipinski definition) is 2. The molecule has 0 saturated heterocycles. The number of hydrogen-bond acceptors (Lipinski definition) is 2. The molecule has 6 heteroatoms. The maximum Gasteiger partial charge on any atom is 0.123 e. The highest BCUT2D eigenvalue weighted by Crippen LogP contribution is 2.27. The molecule has 0 aliphatic carbocycles. The van der Waals surface area contributed by atoms with E-state index in [1.54, 1.807) is 6.07 Å². The van der Waals surface area contributed by atoms with Crippen molar-refractivity contribution in [2.45, 2.75) is 12.5 Å². The van der Waals surface area contributed by atoms with E-state index < -0.39 is 0 Å². The Balaban J connectivity index is 2.28. The van der Waals surface area contributed by atoms with Gasteiger partial charge in [0.1, 0.15) is 5.82 Å². The summed E-state index contributed by atoms with van der Waals surface area (Å²) in [6.07, 6.45) is 0.561. The van der Waals surface area contributed by atoms with Crippen molar-refractivity contribution in [1.82, 2.24) is 5.43 Å². The van der Waals surface area contributed by atoms with Gasteiger partial charge in [-0.15, -0.1) is 0 Å². The minimum atomic E-state index is -0.264. The SMILES string of the molecule is NNC(Cc1cc(F)ccc1Br)c1ccc(I)c(Cl)c1. The molecule has 0 aromatic heterocycles. The van der Waals surface area contributed by atoms with E-state index in [4.69, 9.17) is 17.4 Å². The quantitative estimate of drug-likeness (QED) is 0.391. The van der Waals surface area contributed by atoms with Crippen molar-refractivity contribution >= 4 is 50.1 Å². The predicted octanol–water partition coefficient (Wildman–Crippen LogP) is 4.59. The minimum Gasteiger partial charge on any atom is -0.271 e. The van der Waals surface area contributed by atoms with Gasteiger partial charge in [-0.2, -0.15) is 0 Å². The lowest BCUT2D eigenvalue weighted by molar-refractivity contribution is 0.547.